The molecule has 0 spiro atoms. The molecule has 4 aliphatic rings. The molecule has 1 aromatic heterocycles. The normalized spacial score (nSPS) is 23.9. The molecule has 1 N–H and O–H groups in total. The summed E-state index contributed by atoms with van der Waals surface area (Å²) in [7, 11) is 3.20. The van der Waals surface area contributed by atoms with Crippen molar-refractivity contribution in [1.29, 1.82) is 0 Å². The lowest BCUT2D eigenvalue weighted by atomic mass is 9.60. The highest BCUT2D eigenvalue weighted by molar-refractivity contribution is 9.12. The number of benzene rings is 2. The van der Waals surface area contributed by atoms with Crippen molar-refractivity contribution in [2.45, 2.75) is 25.4 Å². The molecule has 238 valence electrons. The van der Waals surface area contributed by atoms with Gasteiger partial charge < -0.3 is 19.0 Å². The van der Waals surface area contributed by atoms with E-state index in [4.69, 9.17) is 13.9 Å². The highest BCUT2D eigenvalue weighted by atomic mass is 79.9. The Morgan fingerprint density at radius 1 is 0.957 bits per heavy atom. The van der Waals surface area contributed by atoms with Gasteiger partial charge in [-0.1, -0.05) is 35.9 Å². The number of rotatable bonds is 7. The van der Waals surface area contributed by atoms with Gasteiger partial charge in [0.05, 0.1) is 42.1 Å². The number of anilines is 1. The Kier molecular flexibility index (Phi) is 7.93. The van der Waals surface area contributed by atoms with E-state index in [0.29, 0.717) is 46.3 Å². The van der Waals surface area contributed by atoms with Crippen molar-refractivity contribution in [2.24, 2.45) is 17.8 Å². The van der Waals surface area contributed by atoms with Crippen LogP contribution in [-0.2, 0) is 25.8 Å². The number of amides is 2. The van der Waals surface area contributed by atoms with Gasteiger partial charge in [0, 0.05) is 22.8 Å². The van der Waals surface area contributed by atoms with Crippen LogP contribution in [0.4, 0.5) is 5.69 Å². The van der Waals surface area contributed by atoms with E-state index in [1.807, 2.05) is 48.6 Å². The van der Waals surface area contributed by atoms with Gasteiger partial charge in [-0.2, -0.15) is 0 Å². The number of furan rings is 1. The second-order valence-electron chi connectivity index (χ2n) is 11.9. The van der Waals surface area contributed by atoms with Crippen molar-refractivity contribution in [2.75, 3.05) is 19.1 Å². The minimum atomic E-state index is -0.709. The number of aliphatic hydroxyl groups excluding tert-OH is 1. The maximum Gasteiger partial charge on any atom is 0.238 e. The number of hydrogen-bond acceptors (Lipinski definition) is 8. The summed E-state index contributed by atoms with van der Waals surface area (Å²) in [5.41, 5.74) is 3.58. The van der Waals surface area contributed by atoms with Crippen LogP contribution in [0.1, 0.15) is 41.4 Å². The molecule has 2 heterocycles. The Bertz CT molecular complexity index is 1960. The van der Waals surface area contributed by atoms with Crippen molar-refractivity contribution in [3.63, 3.8) is 0 Å². The van der Waals surface area contributed by atoms with E-state index in [1.54, 1.807) is 38.5 Å². The predicted molar refractivity (Wildman–Crippen MR) is 177 cm³/mol. The zero-order valence-electron chi connectivity index (χ0n) is 25.6. The lowest BCUT2D eigenvalue weighted by molar-refractivity contribution is -0.123. The number of Topliss-reactive ketones (excluding diaryl/α,β-unsaturated/α-hetero) is 1. The number of fused-ring (bicyclic) bond motifs is 3. The third-order valence-corrected chi connectivity index (χ3v) is 10.1. The molecule has 0 unspecified atom stereocenters. The first-order chi connectivity index (χ1) is 22.7. The Morgan fingerprint density at radius 3 is 2.45 bits per heavy atom. The van der Waals surface area contributed by atoms with E-state index < -0.39 is 23.7 Å². The number of imide groups is 1. The predicted octanol–water partition coefficient (Wildman–Crippen LogP) is 5.93. The van der Waals surface area contributed by atoms with Gasteiger partial charge in [-0.25, -0.2) is 0 Å². The molecule has 1 saturated heterocycles. The summed E-state index contributed by atoms with van der Waals surface area (Å²) in [4.78, 5) is 56.0. The number of halogens is 1. The second kappa shape index (κ2) is 12.1. The average molecular weight is 697 g/mol. The molecule has 1 aliphatic heterocycles. The van der Waals surface area contributed by atoms with E-state index in [1.165, 1.54) is 11.0 Å². The molecule has 9 nitrogen and oxygen atoms in total. The molecule has 4 atom stereocenters. The molecule has 7 rings (SSSR count). The van der Waals surface area contributed by atoms with Gasteiger partial charge in [-0.3, -0.25) is 24.1 Å². The van der Waals surface area contributed by atoms with Crippen LogP contribution in [0.2, 0.25) is 0 Å². The summed E-state index contributed by atoms with van der Waals surface area (Å²) in [6.45, 7) is -0.324. The van der Waals surface area contributed by atoms with Crippen molar-refractivity contribution in [3.8, 4) is 11.5 Å². The monoisotopic (exact) mass is 695 g/mol. The summed E-state index contributed by atoms with van der Waals surface area (Å²) in [5.74, 6) is -1.62. The number of ether oxygens (including phenoxy) is 2. The fourth-order valence-electron chi connectivity index (χ4n) is 7.31. The van der Waals surface area contributed by atoms with Gasteiger partial charge >= 0.3 is 0 Å². The Hall–Kier alpha value is -4.80. The first-order valence-electron chi connectivity index (χ1n) is 15.2. The standard InChI is InChI=1S/C37H30BrNO8/c1-45-22-9-13-30(46-2)20(15-22)6-3-19-4-7-21(8-5-19)39-36(43)25-12-11-24-26(32(25)37(39)44)16-27-33(29(41)17-28(38)35(27)42)34(24)31-14-10-23(18-40)47-31/h3-11,13-15,17,25-26,32,34,40H,12,16,18H2,1-2H3/t25-,26+,32-,34+/m0/s1. The van der Waals surface area contributed by atoms with Crippen molar-refractivity contribution in [1.82, 2.24) is 0 Å². The van der Waals surface area contributed by atoms with Crippen molar-refractivity contribution < 1.29 is 38.2 Å². The maximum absolute atomic E-state index is 14.2. The van der Waals surface area contributed by atoms with Crippen LogP contribution in [0.3, 0.4) is 0 Å². The fourth-order valence-corrected chi connectivity index (χ4v) is 7.76. The van der Waals surface area contributed by atoms with Crippen LogP contribution >= 0.6 is 15.9 Å². The molecule has 1 fully saturated rings. The topological polar surface area (TPSA) is 123 Å². The van der Waals surface area contributed by atoms with Crippen LogP contribution in [-0.4, -0.2) is 42.7 Å². The molecule has 0 radical (unpaired) electrons. The number of carbonyl (C=O) groups is 4. The van der Waals surface area contributed by atoms with Gasteiger partial charge in [0.15, 0.2) is 11.6 Å². The van der Waals surface area contributed by atoms with Crippen LogP contribution in [0.25, 0.3) is 12.2 Å². The zero-order valence-corrected chi connectivity index (χ0v) is 27.2. The van der Waals surface area contributed by atoms with E-state index in [2.05, 4.69) is 15.9 Å². The summed E-state index contributed by atoms with van der Waals surface area (Å²) < 4.78 is 16.9. The van der Waals surface area contributed by atoms with Gasteiger partial charge in [-0.15, -0.1) is 0 Å². The number of nitrogens with zero attached hydrogens (tertiary/aromatic N) is 1. The van der Waals surface area contributed by atoms with E-state index >= 15 is 0 Å². The average Bonchev–Trinajstić information content (AvgIpc) is 3.67. The summed E-state index contributed by atoms with van der Waals surface area (Å²) in [5, 5.41) is 9.65. The van der Waals surface area contributed by atoms with Gasteiger partial charge in [0.25, 0.3) is 0 Å². The third kappa shape index (κ3) is 5.12. The molecular weight excluding hydrogens is 666 g/mol. The molecular formula is C37H30BrNO8. The zero-order chi connectivity index (χ0) is 33.0. The van der Waals surface area contributed by atoms with E-state index in [9.17, 15) is 24.3 Å². The SMILES string of the molecule is COc1ccc(OC)c(C=Cc2ccc(N3C(=O)[C@H]4[C@H](CC=C5[C@H](c6ccc(CO)o6)C6=C(C[C@H]54)C(=O)C(Br)=CC6=O)C3=O)cc2)c1. The molecule has 2 aromatic carbocycles. The molecule has 3 aliphatic carbocycles. The lowest BCUT2D eigenvalue weighted by Crippen LogP contribution is -2.39. The van der Waals surface area contributed by atoms with Crippen LogP contribution in [0, 0.1) is 17.8 Å². The van der Waals surface area contributed by atoms with Crippen molar-refractivity contribution in [3.05, 3.63) is 111 Å². The molecule has 0 saturated carbocycles. The maximum atomic E-state index is 14.2. The molecule has 2 amide bonds. The first-order valence-corrected chi connectivity index (χ1v) is 16.0. The largest absolute Gasteiger partial charge is 0.497 e. The summed E-state index contributed by atoms with van der Waals surface area (Å²) in [6.07, 6.45) is 7.49. The number of hydrogen-bond donors (Lipinski definition) is 1. The lowest BCUT2D eigenvalue weighted by Gasteiger charge is -2.41. The molecule has 3 aromatic rings. The number of allylic oxidation sites excluding steroid dienone is 6. The van der Waals surface area contributed by atoms with Crippen LogP contribution in [0.15, 0.2) is 92.4 Å². The van der Waals surface area contributed by atoms with Crippen LogP contribution in [0.5, 0.6) is 11.5 Å². The molecule has 47 heavy (non-hydrogen) atoms. The Labute approximate surface area is 279 Å². The smallest absolute Gasteiger partial charge is 0.238 e. The number of carbonyl (C=O) groups excluding carboxylic acids is 4. The van der Waals surface area contributed by atoms with Gasteiger partial charge in [0.1, 0.15) is 29.6 Å². The molecule has 10 heteroatoms. The van der Waals surface area contributed by atoms with E-state index in [-0.39, 0.29) is 40.9 Å². The molecule has 0 bridgehead atoms. The number of aliphatic hydroxyl groups is 1. The number of ketones is 2. The van der Waals surface area contributed by atoms with E-state index in [0.717, 1.165) is 16.7 Å². The van der Waals surface area contributed by atoms with Crippen LogP contribution < -0.4 is 14.4 Å². The first kappa shape index (κ1) is 30.8. The summed E-state index contributed by atoms with van der Waals surface area (Å²) in [6, 6.07) is 16.0. The summed E-state index contributed by atoms with van der Waals surface area (Å²) >= 11 is 3.24. The highest BCUT2D eigenvalue weighted by Crippen LogP contribution is 2.55. The number of methoxy groups -OCH3 is 2. The minimum Gasteiger partial charge on any atom is -0.497 e. The highest BCUT2D eigenvalue weighted by Gasteiger charge is 2.57. The minimum absolute atomic E-state index is 0.157. The third-order valence-electron chi connectivity index (χ3n) is 9.50. The van der Waals surface area contributed by atoms with Crippen molar-refractivity contribution >= 4 is 57.2 Å². The second-order valence-corrected chi connectivity index (χ2v) is 12.8. The Morgan fingerprint density at radius 2 is 1.74 bits per heavy atom. The van der Waals surface area contributed by atoms with Gasteiger partial charge in [-0.05, 0) is 82.7 Å². The Balaban J connectivity index is 1.19. The fraction of sp³-hybridized carbons (Fsp3) is 0.243. The van der Waals surface area contributed by atoms with Gasteiger partial charge in [0.2, 0.25) is 11.8 Å². The quantitative estimate of drug-likeness (QED) is 0.140.